The quantitative estimate of drug-likeness (QED) is 0.657. The van der Waals surface area contributed by atoms with Gasteiger partial charge in [0.15, 0.2) is 5.78 Å². The molecule has 2 rings (SSSR count). The van der Waals surface area contributed by atoms with Gasteiger partial charge in [0.05, 0.1) is 5.02 Å². The number of aryl methyl sites for hydroxylation is 3. The van der Waals surface area contributed by atoms with Crippen LogP contribution in [0.5, 0.6) is 0 Å². The van der Waals surface area contributed by atoms with Crippen LogP contribution in [-0.4, -0.2) is 5.78 Å². The van der Waals surface area contributed by atoms with Crippen LogP contribution in [0.25, 0.3) is 0 Å². The number of halogens is 1. The molecule has 0 atom stereocenters. The van der Waals surface area contributed by atoms with Gasteiger partial charge in [-0.05, 0) is 39.3 Å². The highest BCUT2D eigenvalue weighted by atomic mass is 35.5. The fourth-order valence-corrected chi connectivity index (χ4v) is 2.07. The van der Waals surface area contributed by atoms with E-state index in [0.717, 1.165) is 5.56 Å². The maximum absolute atomic E-state index is 11.0. The average Bonchev–Trinajstić information content (AvgIpc) is 2.33. The molecule has 0 saturated carbocycles. The van der Waals surface area contributed by atoms with Gasteiger partial charge in [-0.3, -0.25) is 4.79 Å². The van der Waals surface area contributed by atoms with E-state index in [9.17, 15) is 4.79 Å². The van der Waals surface area contributed by atoms with Crippen LogP contribution in [0.2, 0.25) is 5.02 Å². The standard InChI is InChI=1S/C9H9ClO.C8H10/c1-6-4-3-5-8(10)9(6)7(2)11;1-7-3-5-8(2)6-4-7/h3-5H,1-2H3;3-6H,1-2H3. The topological polar surface area (TPSA) is 17.1 Å². The van der Waals surface area contributed by atoms with E-state index in [2.05, 4.69) is 38.1 Å². The highest BCUT2D eigenvalue weighted by Gasteiger charge is 2.06. The first kappa shape index (κ1) is 15.5. The first-order chi connectivity index (χ1) is 8.91. The van der Waals surface area contributed by atoms with E-state index in [1.54, 1.807) is 6.07 Å². The zero-order chi connectivity index (χ0) is 14.4. The van der Waals surface area contributed by atoms with Gasteiger partial charge in [-0.1, -0.05) is 59.1 Å². The maximum Gasteiger partial charge on any atom is 0.161 e. The molecule has 2 heteroatoms. The van der Waals surface area contributed by atoms with Crippen molar-refractivity contribution in [3.63, 3.8) is 0 Å². The smallest absolute Gasteiger partial charge is 0.161 e. The molecule has 0 amide bonds. The van der Waals surface area contributed by atoms with Crippen molar-refractivity contribution in [1.29, 1.82) is 0 Å². The van der Waals surface area contributed by atoms with Crippen LogP contribution in [0.4, 0.5) is 0 Å². The summed E-state index contributed by atoms with van der Waals surface area (Å²) in [4.78, 5) is 11.0. The van der Waals surface area contributed by atoms with Crippen molar-refractivity contribution in [3.05, 3.63) is 69.7 Å². The highest BCUT2D eigenvalue weighted by Crippen LogP contribution is 2.19. The summed E-state index contributed by atoms with van der Waals surface area (Å²) in [6.07, 6.45) is 0. The lowest BCUT2D eigenvalue weighted by molar-refractivity contribution is 0.101. The minimum Gasteiger partial charge on any atom is -0.294 e. The molecule has 0 bridgehead atoms. The second kappa shape index (κ2) is 7.10. The van der Waals surface area contributed by atoms with E-state index in [0.29, 0.717) is 10.6 Å². The lowest BCUT2D eigenvalue weighted by Gasteiger charge is -2.02. The van der Waals surface area contributed by atoms with E-state index in [1.165, 1.54) is 18.1 Å². The summed E-state index contributed by atoms with van der Waals surface area (Å²) >= 11 is 5.80. The van der Waals surface area contributed by atoms with E-state index in [4.69, 9.17) is 11.6 Å². The van der Waals surface area contributed by atoms with Gasteiger partial charge in [-0.15, -0.1) is 0 Å². The summed E-state index contributed by atoms with van der Waals surface area (Å²) < 4.78 is 0. The Balaban J connectivity index is 0.000000200. The Morgan fingerprint density at radius 3 is 1.68 bits per heavy atom. The van der Waals surface area contributed by atoms with E-state index in [1.807, 2.05) is 19.1 Å². The van der Waals surface area contributed by atoms with Crippen molar-refractivity contribution in [3.8, 4) is 0 Å². The fraction of sp³-hybridized carbons (Fsp3) is 0.235. The molecule has 0 spiro atoms. The van der Waals surface area contributed by atoms with E-state index >= 15 is 0 Å². The Kier molecular flexibility index (Phi) is 5.78. The van der Waals surface area contributed by atoms with Crippen molar-refractivity contribution in [1.82, 2.24) is 0 Å². The summed E-state index contributed by atoms with van der Waals surface area (Å²) in [5.74, 6) is 0.0214. The van der Waals surface area contributed by atoms with Gasteiger partial charge in [0.1, 0.15) is 0 Å². The number of Topliss-reactive ketones (excluding diaryl/α,β-unsaturated/α-hetero) is 1. The molecule has 2 aromatic carbocycles. The molecule has 0 radical (unpaired) electrons. The second-order valence-electron chi connectivity index (χ2n) is 4.64. The van der Waals surface area contributed by atoms with Gasteiger partial charge >= 0.3 is 0 Å². The van der Waals surface area contributed by atoms with Crippen molar-refractivity contribution in [2.24, 2.45) is 0 Å². The summed E-state index contributed by atoms with van der Waals surface area (Å²) in [7, 11) is 0. The molecule has 0 aromatic heterocycles. The first-order valence-corrected chi connectivity index (χ1v) is 6.59. The van der Waals surface area contributed by atoms with Crippen LogP contribution >= 0.6 is 11.6 Å². The Labute approximate surface area is 120 Å². The third-order valence-electron chi connectivity index (χ3n) is 2.79. The summed E-state index contributed by atoms with van der Waals surface area (Å²) in [5.41, 5.74) is 4.23. The summed E-state index contributed by atoms with van der Waals surface area (Å²) in [6.45, 7) is 7.59. The Morgan fingerprint density at radius 1 is 0.895 bits per heavy atom. The average molecular weight is 275 g/mol. The number of benzene rings is 2. The molecule has 0 unspecified atom stereocenters. The van der Waals surface area contributed by atoms with Crippen LogP contribution < -0.4 is 0 Å². The van der Waals surface area contributed by atoms with Gasteiger partial charge in [-0.2, -0.15) is 0 Å². The number of carbonyl (C=O) groups excluding carboxylic acids is 1. The normalized spacial score (nSPS) is 9.53. The molecule has 0 fully saturated rings. The predicted octanol–water partition coefficient (Wildman–Crippen LogP) is 5.15. The molecule has 0 N–H and O–H groups in total. The highest BCUT2D eigenvalue weighted by molar-refractivity contribution is 6.34. The van der Waals surface area contributed by atoms with Crippen molar-refractivity contribution in [2.45, 2.75) is 27.7 Å². The molecular weight excluding hydrogens is 256 g/mol. The molecular formula is C17H19ClO. The zero-order valence-corrected chi connectivity index (χ0v) is 12.6. The van der Waals surface area contributed by atoms with E-state index < -0.39 is 0 Å². The van der Waals surface area contributed by atoms with Gasteiger partial charge < -0.3 is 0 Å². The zero-order valence-electron chi connectivity index (χ0n) is 11.8. The lowest BCUT2D eigenvalue weighted by Crippen LogP contribution is -1.96. The number of carbonyl (C=O) groups is 1. The summed E-state index contributed by atoms with van der Waals surface area (Å²) in [6, 6.07) is 13.9. The summed E-state index contributed by atoms with van der Waals surface area (Å²) in [5, 5.41) is 0.539. The molecule has 0 aliphatic carbocycles. The molecule has 0 heterocycles. The maximum atomic E-state index is 11.0. The van der Waals surface area contributed by atoms with Crippen LogP contribution in [0, 0.1) is 20.8 Å². The molecule has 2 aromatic rings. The minimum atomic E-state index is 0.0214. The third-order valence-corrected chi connectivity index (χ3v) is 3.11. The predicted molar refractivity (Wildman–Crippen MR) is 82.1 cm³/mol. The Morgan fingerprint density at radius 2 is 1.37 bits per heavy atom. The molecule has 19 heavy (non-hydrogen) atoms. The lowest BCUT2D eigenvalue weighted by atomic mass is 10.1. The van der Waals surface area contributed by atoms with Gasteiger partial charge in [0.2, 0.25) is 0 Å². The Bertz CT molecular complexity index is 515. The molecule has 1 nitrogen and oxygen atoms in total. The van der Waals surface area contributed by atoms with Crippen molar-refractivity contribution in [2.75, 3.05) is 0 Å². The van der Waals surface area contributed by atoms with Gasteiger partial charge in [0, 0.05) is 5.56 Å². The molecule has 0 aliphatic heterocycles. The monoisotopic (exact) mass is 274 g/mol. The van der Waals surface area contributed by atoms with Crippen molar-refractivity contribution < 1.29 is 4.79 Å². The van der Waals surface area contributed by atoms with Crippen molar-refractivity contribution >= 4 is 17.4 Å². The van der Waals surface area contributed by atoms with Gasteiger partial charge in [-0.25, -0.2) is 0 Å². The number of ketones is 1. The second-order valence-corrected chi connectivity index (χ2v) is 5.05. The molecule has 100 valence electrons. The van der Waals surface area contributed by atoms with Crippen LogP contribution in [-0.2, 0) is 0 Å². The van der Waals surface area contributed by atoms with Crippen LogP contribution in [0.15, 0.2) is 42.5 Å². The number of hydrogen-bond acceptors (Lipinski definition) is 1. The Hall–Kier alpha value is -1.60. The SMILES string of the molecule is CC(=O)c1c(C)cccc1Cl.Cc1ccc(C)cc1. The van der Waals surface area contributed by atoms with Crippen LogP contribution in [0.3, 0.4) is 0 Å². The number of hydrogen-bond donors (Lipinski definition) is 0. The molecule has 0 saturated heterocycles. The minimum absolute atomic E-state index is 0.0214. The first-order valence-electron chi connectivity index (χ1n) is 6.21. The van der Waals surface area contributed by atoms with Crippen LogP contribution in [0.1, 0.15) is 34.0 Å². The van der Waals surface area contributed by atoms with E-state index in [-0.39, 0.29) is 5.78 Å². The molecule has 0 aliphatic rings. The third kappa shape index (κ3) is 4.88. The number of rotatable bonds is 1. The largest absolute Gasteiger partial charge is 0.294 e. The fourth-order valence-electron chi connectivity index (χ4n) is 1.71. The van der Waals surface area contributed by atoms with Gasteiger partial charge in [0.25, 0.3) is 0 Å².